The van der Waals surface area contributed by atoms with E-state index in [0.29, 0.717) is 17.2 Å². The lowest BCUT2D eigenvalue weighted by Crippen LogP contribution is -2.18. The lowest BCUT2D eigenvalue weighted by Gasteiger charge is -2.18. The highest BCUT2D eigenvalue weighted by molar-refractivity contribution is 5.63. The first-order valence-electron chi connectivity index (χ1n) is 7.60. The number of anilines is 3. The van der Waals surface area contributed by atoms with Crippen LogP contribution in [0.15, 0.2) is 66.9 Å². The van der Waals surface area contributed by atoms with E-state index in [9.17, 15) is 0 Å². The van der Waals surface area contributed by atoms with Crippen LogP contribution in [0.5, 0.6) is 0 Å². The molecule has 0 aliphatic carbocycles. The van der Waals surface area contributed by atoms with Gasteiger partial charge >= 0.3 is 0 Å². The maximum atomic E-state index is 9.16. The van der Waals surface area contributed by atoms with Crippen LogP contribution >= 0.6 is 0 Å². The van der Waals surface area contributed by atoms with Gasteiger partial charge in [0.2, 0.25) is 5.95 Å². The summed E-state index contributed by atoms with van der Waals surface area (Å²) < 4.78 is 0. The van der Waals surface area contributed by atoms with E-state index in [-0.39, 0.29) is 0 Å². The molecule has 3 rings (SSSR count). The second-order valence-corrected chi connectivity index (χ2v) is 5.36. The molecule has 5 nitrogen and oxygen atoms in total. The van der Waals surface area contributed by atoms with Crippen molar-refractivity contribution in [1.29, 1.82) is 5.26 Å². The summed E-state index contributed by atoms with van der Waals surface area (Å²) in [7, 11) is 1.99. The number of hydrogen-bond acceptors (Lipinski definition) is 5. The highest BCUT2D eigenvalue weighted by atomic mass is 15.2. The molecule has 0 spiro atoms. The standard InChI is InChI=1S/C19H17N5/c1-24(14-15-7-3-2-4-8-15)18-11-12-21-19(23-18)22-17-10-6-5-9-16(17)13-20/h2-12H,14H2,1H3,(H,21,22,23). The van der Waals surface area contributed by atoms with Crippen molar-refractivity contribution in [2.24, 2.45) is 0 Å². The monoisotopic (exact) mass is 315 g/mol. The van der Waals surface area contributed by atoms with E-state index in [1.54, 1.807) is 12.3 Å². The summed E-state index contributed by atoms with van der Waals surface area (Å²) in [5.41, 5.74) is 2.47. The molecule has 1 heterocycles. The number of para-hydroxylation sites is 1. The van der Waals surface area contributed by atoms with E-state index in [0.717, 1.165) is 12.4 Å². The summed E-state index contributed by atoms with van der Waals surface area (Å²) in [6, 6.07) is 21.5. The van der Waals surface area contributed by atoms with Gasteiger partial charge in [0, 0.05) is 19.8 Å². The van der Waals surface area contributed by atoms with Gasteiger partial charge in [0.15, 0.2) is 0 Å². The Hall–Kier alpha value is -3.39. The third-order valence-electron chi connectivity index (χ3n) is 3.59. The molecule has 0 aliphatic heterocycles. The molecule has 3 aromatic rings. The van der Waals surface area contributed by atoms with Gasteiger partial charge in [-0.1, -0.05) is 42.5 Å². The third-order valence-corrected chi connectivity index (χ3v) is 3.59. The van der Waals surface area contributed by atoms with Gasteiger partial charge in [-0.3, -0.25) is 0 Å². The molecule has 0 saturated carbocycles. The average Bonchev–Trinajstić information content (AvgIpc) is 2.63. The lowest BCUT2D eigenvalue weighted by molar-refractivity contribution is 0.893. The van der Waals surface area contributed by atoms with Gasteiger partial charge in [-0.2, -0.15) is 10.2 Å². The zero-order valence-corrected chi connectivity index (χ0v) is 13.3. The van der Waals surface area contributed by atoms with E-state index < -0.39 is 0 Å². The fraction of sp³-hybridized carbons (Fsp3) is 0.105. The number of aromatic nitrogens is 2. The van der Waals surface area contributed by atoms with Gasteiger partial charge in [-0.05, 0) is 23.8 Å². The molecular formula is C19H17N5. The van der Waals surface area contributed by atoms with Gasteiger partial charge in [-0.15, -0.1) is 0 Å². The first-order valence-corrected chi connectivity index (χ1v) is 7.60. The summed E-state index contributed by atoms with van der Waals surface area (Å²) in [4.78, 5) is 10.8. The van der Waals surface area contributed by atoms with Gasteiger partial charge in [0.25, 0.3) is 0 Å². The SMILES string of the molecule is CN(Cc1ccccc1)c1ccnc(Nc2ccccc2C#N)n1. The van der Waals surface area contributed by atoms with Crippen molar-refractivity contribution >= 4 is 17.5 Å². The predicted molar refractivity (Wildman–Crippen MR) is 95.0 cm³/mol. The molecular weight excluding hydrogens is 298 g/mol. The van der Waals surface area contributed by atoms with Crippen LogP contribution in [0.25, 0.3) is 0 Å². The fourth-order valence-corrected chi connectivity index (χ4v) is 2.37. The number of nitrogens with one attached hydrogen (secondary N) is 1. The summed E-state index contributed by atoms with van der Waals surface area (Å²) in [6.45, 7) is 0.756. The summed E-state index contributed by atoms with van der Waals surface area (Å²) in [6.07, 6.45) is 1.71. The van der Waals surface area contributed by atoms with Crippen LogP contribution in [0.1, 0.15) is 11.1 Å². The van der Waals surface area contributed by atoms with Crippen molar-refractivity contribution in [1.82, 2.24) is 9.97 Å². The Balaban J connectivity index is 1.78. The number of rotatable bonds is 5. The van der Waals surface area contributed by atoms with E-state index in [1.165, 1.54) is 5.56 Å². The number of nitrogens with zero attached hydrogens (tertiary/aromatic N) is 4. The molecule has 118 valence electrons. The summed E-state index contributed by atoms with van der Waals surface area (Å²) in [5, 5.41) is 12.3. The number of nitriles is 1. The van der Waals surface area contributed by atoms with Crippen molar-refractivity contribution in [3.63, 3.8) is 0 Å². The highest BCUT2D eigenvalue weighted by Gasteiger charge is 2.07. The fourth-order valence-electron chi connectivity index (χ4n) is 2.37. The van der Waals surface area contributed by atoms with Gasteiger partial charge in [-0.25, -0.2) is 4.98 Å². The molecule has 0 amide bonds. The average molecular weight is 315 g/mol. The minimum Gasteiger partial charge on any atom is -0.355 e. The zero-order chi connectivity index (χ0) is 16.8. The van der Waals surface area contributed by atoms with Crippen LogP contribution in [0.2, 0.25) is 0 Å². The second-order valence-electron chi connectivity index (χ2n) is 5.36. The molecule has 0 bridgehead atoms. The molecule has 0 aliphatic rings. The second kappa shape index (κ2) is 7.25. The Morgan fingerprint density at radius 1 is 1.04 bits per heavy atom. The Bertz CT molecular complexity index is 855. The predicted octanol–water partition coefficient (Wildman–Crippen LogP) is 3.73. The van der Waals surface area contributed by atoms with Crippen molar-refractivity contribution in [2.45, 2.75) is 6.54 Å². The van der Waals surface area contributed by atoms with E-state index in [4.69, 9.17) is 5.26 Å². The smallest absolute Gasteiger partial charge is 0.229 e. The topological polar surface area (TPSA) is 64.8 Å². The molecule has 0 saturated heterocycles. The van der Waals surface area contributed by atoms with Gasteiger partial charge < -0.3 is 10.2 Å². The maximum Gasteiger partial charge on any atom is 0.229 e. The van der Waals surface area contributed by atoms with E-state index in [2.05, 4.69) is 38.4 Å². The zero-order valence-electron chi connectivity index (χ0n) is 13.3. The summed E-state index contributed by atoms with van der Waals surface area (Å²) >= 11 is 0. The third kappa shape index (κ3) is 3.68. The van der Waals surface area contributed by atoms with Crippen LogP contribution in [0.3, 0.4) is 0 Å². The van der Waals surface area contributed by atoms with Crippen LogP contribution in [0.4, 0.5) is 17.5 Å². The van der Waals surface area contributed by atoms with Gasteiger partial charge in [0.1, 0.15) is 11.9 Å². The first kappa shape index (κ1) is 15.5. The normalized spacial score (nSPS) is 10.0. The minimum absolute atomic E-state index is 0.468. The Morgan fingerprint density at radius 3 is 2.58 bits per heavy atom. The van der Waals surface area contributed by atoms with E-state index >= 15 is 0 Å². The first-order chi connectivity index (χ1) is 11.8. The Morgan fingerprint density at radius 2 is 1.79 bits per heavy atom. The largest absolute Gasteiger partial charge is 0.355 e. The number of hydrogen-bond donors (Lipinski definition) is 1. The molecule has 5 heteroatoms. The van der Waals surface area contributed by atoms with Crippen molar-refractivity contribution < 1.29 is 0 Å². The van der Waals surface area contributed by atoms with E-state index in [1.807, 2.05) is 49.5 Å². The van der Waals surface area contributed by atoms with Crippen LogP contribution < -0.4 is 10.2 Å². The molecule has 0 fully saturated rings. The molecule has 1 N–H and O–H groups in total. The molecule has 0 unspecified atom stereocenters. The van der Waals surface area contributed by atoms with Crippen molar-refractivity contribution in [3.05, 3.63) is 78.0 Å². The molecule has 0 radical (unpaired) electrons. The highest BCUT2D eigenvalue weighted by Crippen LogP contribution is 2.19. The van der Waals surface area contributed by atoms with Crippen LogP contribution in [-0.4, -0.2) is 17.0 Å². The van der Waals surface area contributed by atoms with Gasteiger partial charge in [0.05, 0.1) is 11.3 Å². The minimum atomic E-state index is 0.468. The lowest BCUT2D eigenvalue weighted by atomic mass is 10.2. The molecule has 0 atom stereocenters. The Kier molecular flexibility index (Phi) is 4.68. The molecule has 24 heavy (non-hydrogen) atoms. The van der Waals surface area contributed by atoms with Crippen LogP contribution in [0, 0.1) is 11.3 Å². The summed E-state index contributed by atoms with van der Waals surface area (Å²) in [5.74, 6) is 1.28. The molecule has 1 aromatic heterocycles. The van der Waals surface area contributed by atoms with Crippen molar-refractivity contribution in [3.8, 4) is 6.07 Å². The number of benzene rings is 2. The Labute approximate surface area is 141 Å². The quantitative estimate of drug-likeness (QED) is 0.777. The molecule has 2 aromatic carbocycles. The maximum absolute atomic E-state index is 9.16. The van der Waals surface area contributed by atoms with Crippen LogP contribution in [-0.2, 0) is 6.54 Å². The van der Waals surface area contributed by atoms with Crippen molar-refractivity contribution in [2.75, 3.05) is 17.3 Å².